The molecule has 1 atom stereocenters. The van der Waals surface area contributed by atoms with Crippen LogP contribution in [0.5, 0.6) is 11.5 Å². The first-order chi connectivity index (χ1) is 12.0. The van der Waals surface area contributed by atoms with E-state index in [0.29, 0.717) is 22.8 Å². The molecule has 2 aromatic rings. The van der Waals surface area contributed by atoms with Crippen LogP contribution in [0.1, 0.15) is 12.5 Å². The average Bonchev–Trinajstić information content (AvgIpc) is 2.65. The van der Waals surface area contributed by atoms with E-state index in [0.717, 1.165) is 0 Å². The van der Waals surface area contributed by atoms with Gasteiger partial charge in [-0.05, 0) is 19.1 Å². The van der Waals surface area contributed by atoms with Gasteiger partial charge in [-0.15, -0.1) is 0 Å². The molecule has 0 fully saturated rings. The van der Waals surface area contributed by atoms with Gasteiger partial charge in [0.2, 0.25) is 6.10 Å². The summed E-state index contributed by atoms with van der Waals surface area (Å²) >= 11 is 0. The summed E-state index contributed by atoms with van der Waals surface area (Å²) in [6.45, 7) is 1.72. The van der Waals surface area contributed by atoms with Crippen LogP contribution in [0, 0.1) is 10.1 Å². The lowest BCUT2D eigenvalue weighted by molar-refractivity contribution is -0.384. The number of hydrogen-bond donors (Lipinski definition) is 1. The fraction of sp³-hybridized carbons (Fsp3) is 0.176. The number of para-hydroxylation sites is 2. The van der Waals surface area contributed by atoms with Crippen LogP contribution in [0.2, 0.25) is 0 Å². The van der Waals surface area contributed by atoms with Crippen LogP contribution in [-0.2, 0) is 4.79 Å². The third-order valence-corrected chi connectivity index (χ3v) is 3.61. The minimum absolute atomic E-state index is 0.0426. The molecule has 1 aliphatic rings. The Hall–Kier alpha value is -3.42. The van der Waals surface area contributed by atoms with E-state index in [1.165, 1.54) is 12.1 Å². The number of carbonyl (C=O) groups is 1. The van der Waals surface area contributed by atoms with Crippen molar-refractivity contribution in [1.29, 1.82) is 0 Å². The minimum Gasteiger partial charge on any atom is -0.485 e. The summed E-state index contributed by atoms with van der Waals surface area (Å²) in [6.07, 6.45) is -0.823. The van der Waals surface area contributed by atoms with E-state index in [1.54, 1.807) is 37.3 Å². The molecule has 128 valence electrons. The predicted octanol–water partition coefficient (Wildman–Crippen LogP) is 2.28. The maximum absolute atomic E-state index is 12.2. The van der Waals surface area contributed by atoms with Gasteiger partial charge in [-0.2, -0.15) is 5.10 Å². The number of amides is 1. The molecule has 0 saturated carbocycles. The standard InChI is InChI=1S/C17H15N3O5/c1-11(12-5-4-6-13(9-12)20(22)23)18-19-17(21)16-10-24-14-7-2-3-8-15(14)25-16/h2-9,16H,10H2,1H3,(H,19,21)/b18-11-/t16-/m1/s1. The highest BCUT2D eigenvalue weighted by Gasteiger charge is 2.27. The fourth-order valence-corrected chi connectivity index (χ4v) is 2.27. The highest BCUT2D eigenvalue weighted by Crippen LogP contribution is 2.30. The van der Waals surface area contributed by atoms with Gasteiger partial charge >= 0.3 is 0 Å². The molecule has 0 saturated heterocycles. The summed E-state index contributed by atoms with van der Waals surface area (Å²) in [4.78, 5) is 22.5. The Kier molecular flexibility index (Phi) is 4.60. The molecule has 0 radical (unpaired) electrons. The molecule has 1 N–H and O–H groups in total. The average molecular weight is 341 g/mol. The third kappa shape index (κ3) is 3.74. The van der Waals surface area contributed by atoms with E-state index in [1.807, 2.05) is 6.07 Å². The Morgan fingerprint density at radius 2 is 2.00 bits per heavy atom. The lowest BCUT2D eigenvalue weighted by atomic mass is 10.1. The van der Waals surface area contributed by atoms with Crippen molar-refractivity contribution < 1.29 is 19.2 Å². The Morgan fingerprint density at radius 1 is 1.24 bits per heavy atom. The highest BCUT2D eigenvalue weighted by atomic mass is 16.6. The van der Waals surface area contributed by atoms with Crippen LogP contribution in [0.25, 0.3) is 0 Å². The van der Waals surface area contributed by atoms with Gasteiger partial charge in [-0.25, -0.2) is 5.43 Å². The fourth-order valence-electron chi connectivity index (χ4n) is 2.27. The molecule has 1 heterocycles. The Balaban J connectivity index is 1.66. The molecule has 2 aromatic carbocycles. The van der Waals surface area contributed by atoms with Crippen molar-refractivity contribution in [3.63, 3.8) is 0 Å². The van der Waals surface area contributed by atoms with Crippen molar-refractivity contribution in [1.82, 2.24) is 5.43 Å². The minimum atomic E-state index is -0.823. The number of nitro benzene ring substituents is 1. The first kappa shape index (κ1) is 16.4. The normalized spacial score (nSPS) is 16.2. The van der Waals surface area contributed by atoms with Crippen molar-refractivity contribution in [2.45, 2.75) is 13.0 Å². The molecule has 0 spiro atoms. The number of fused-ring (bicyclic) bond motifs is 1. The highest BCUT2D eigenvalue weighted by molar-refractivity contribution is 5.99. The lowest BCUT2D eigenvalue weighted by Gasteiger charge is -2.24. The van der Waals surface area contributed by atoms with Gasteiger partial charge in [0, 0.05) is 17.7 Å². The zero-order chi connectivity index (χ0) is 17.8. The molecule has 25 heavy (non-hydrogen) atoms. The van der Waals surface area contributed by atoms with Crippen LogP contribution in [0.4, 0.5) is 5.69 Å². The van der Waals surface area contributed by atoms with Gasteiger partial charge in [-0.3, -0.25) is 14.9 Å². The number of benzene rings is 2. The SMILES string of the molecule is C/C(=N/NC(=O)[C@H]1COc2ccccc2O1)c1cccc([N+](=O)[O-])c1. The quantitative estimate of drug-likeness (QED) is 0.522. The first-order valence-corrected chi connectivity index (χ1v) is 7.52. The molecule has 3 rings (SSSR count). The Bertz CT molecular complexity index is 850. The number of non-ortho nitro benzene ring substituents is 1. The van der Waals surface area contributed by atoms with Crippen molar-refractivity contribution in [3.8, 4) is 11.5 Å². The summed E-state index contributed by atoms with van der Waals surface area (Å²) in [6, 6.07) is 13.1. The molecule has 1 amide bonds. The maximum Gasteiger partial charge on any atom is 0.284 e. The van der Waals surface area contributed by atoms with E-state index < -0.39 is 16.9 Å². The molecule has 0 aliphatic carbocycles. The molecule has 0 unspecified atom stereocenters. The number of nitro groups is 1. The number of hydrogen-bond acceptors (Lipinski definition) is 6. The van der Waals surface area contributed by atoms with Crippen LogP contribution >= 0.6 is 0 Å². The molecule has 1 aliphatic heterocycles. The third-order valence-electron chi connectivity index (χ3n) is 3.61. The van der Waals surface area contributed by atoms with Gasteiger partial charge < -0.3 is 9.47 Å². The summed E-state index contributed by atoms with van der Waals surface area (Å²) in [5.41, 5.74) is 3.34. The number of rotatable bonds is 4. The van der Waals surface area contributed by atoms with Crippen molar-refractivity contribution in [3.05, 3.63) is 64.2 Å². The number of hydrazone groups is 1. The topological polar surface area (TPSA) is 103 Å². The summed E-state index contributed by atoms with van der Waals surface area (Å²) in [5, 5.41) is 14.8. The molecule has 8 heteroatoms. The molecule has 8 nitrogen and oxygen atoms in total. The lowest BCUT2D eigenvalue weighted by Crippen LogP contribution is -2.42. The van der Waals surface area contributed by atoms with Crippen molar-refractivity contribution in [2.24, 2.45) is 5.10 Å². The second kappa shape index (κ2) is 7.00. The van der Waals surface area contributed by atoms with Gasteiger partial charge in [-0.1, -0.05) is 24.3 Å². The largest absolute Gasteiger partial charge is 0.485 e. The predicted molar refractivity (Wildman–Crippen MR) is 89.8 cm³/mol. The van der Waals surface area contributed by atoms with Gasteiger partial charge in [0.25, 0.3) is 11.6 Å². The zero-order valence-corrected chi connectivity index (χ0v) is 13.3. The molecule has 0 bridgehead atoms. The Labute approximate surface area is 143 Å². The summed E-state index contributed by atoms with van der Waals surface area (Å²) < 4.78 is 11.1. The smallest absolute Gasteiger partial charge is 0.284 e. The summed E-state index contributed by atoms with van der Waals surface area (Å²) in [5.74, 6) is 0.621. The monoisotopic (exact) mass is 341 g/mol. The van der Waals surface area contributed by atoms with Crippen LogP contribution in [0.3, 0.4) is 0 Å². The van der Waals surface area contributed by atoms with Gasteiger partial charge in [0.1, 0.15) is 6.61 Å². The Morgan fingerprint density at radius 3 is 2.76 bits per heavy atom. The number of nitrogens with zero attached hydrogens (tertiary/aromatic N) is 2. The van der Waals surface area contributed by atoms with Crippen LogP contribution < -0.4 is 14.9 Å². The molecular weight excluding hydrogens is 326 g/mol. The van der Waals surface area contributed by atoms with E-state index >= 15 is 0 Å². The second-order valence-corrected chi connectivity index (χ2v) is 5.34. The summed E-state index contributed by atoms with van der Waals surface area (Å²) in [7, 11) is 0. The first-order valence-electron chi connectivity index (χ1n) is 7.52. The number of carbonyl (C=O) groups excluding carboxylic acids is 1. The van der Waals surface area contributed by atoms with Crippen molar-refractivity contribution in [2.75, 3.05) is 6.61 Å². The van der Waals surface area contributed by atoms with Gasteiger partial charge in [0.15, 0.2) is 11.5 Å². The van der Waals surface area contributed by atoms with E-state index in [9.17, 15) is 14.9 Å². The van der Waals surface area contributed by atoms with Crippen molar-refractivity contribution >= 4 is 17.3 Å². The number of ether oxygens (including phenoxy) is 2. The van der Waals surface area contributed by atoms with E-state index in [2.05, 4.69) is 10.5 Å². The van der Waals surface area contributed by atoms with Crippen LogP contribution in [0.15, 0.2) is 53.6 Å². The molecular formula is C17H15N3O5. The van der Waals surface area contributed by atoms with Gasteiger partial charge in [0.05, 0.1) is 10.6 Å². The van der Waals surface area contributed by atoms with Crippen LogP contribution in [-0.4, -0.2) is 29.3 Å². The maximum atomic E-state index is 12.2. The van der Waals surface area contributed by atoms with E-state index in [4.69, 9.17) is 9.47 Å². The molecule has 0 aromatic heterocycles. The second-order valence-electron chi connectivity index (χ2n) is 5.34. The van der Waals surface area contributed by atoms with E-state index in [-0.39, 0.29) is 12.3 Å². The number of nitrogens with one attached hydrogen (secondary N) is 1. The zero-order valence-electron chi connectivity index (χ0n) is 13.3.